The second-order valence-corrected chi connectivity index (χ2v) is 6.68. The second-order valence-electron chi connectivity index (χ2n) is 6.68. The van der Waals surface area contributed by atoms with Crippen LogP contribution in [-0.4, -0.2) is 64.9 Å². The minimum absolute atomic E-state index is 0. The second kappa shape index (κ2) is 13.2. The highest BCUT2D eigenvalue weighted by molar-refractivity contribution is 14.0. The summed E-state index contributed by atoms with van der Waals surface area (Å²) in [6.45, 7) is 6.24. The van der Waals surface area contributed by atoms with E-state index in [4.69, 9.17) is 9.47 Å². The molecule has 1 aliphatic heterocycles. The van der Waals surface area contributed by atoms with Crippen molar-refractivity contribution in [1.29, 1.82) is 0 Å². The molecule has 1 aromatic rings. The molecular weight excluding hydrogens is 455 g/mol. The number of piperidine rings is 1. The van der Waals surface area contributed by atoms with Crippen LogP contribution in [0, 0.1) is 5.92 Å². The third kappa shape index (κ3) is 7.46. The van der Waals surface area contributed by atoms with Crippen LogP contribution in [0.2, 0.25) is 0 Å². The van der Waals surface area contributed by atoms with Gasteiger partial charge in [-0.3, -0.25) is 9.89 Å². The lowest BCUT2D eigenvalue weighted by Crippen LogP contribution is -2.45. The van der Waals surface area contributed by atoms with E-state index in [-0.39, 0.29) is 24.0 Å². The van der Waals surface area contributed by atoms with Crippen molar-refractivity contribution in [2.45, 2.75) is 25.8 Å². The minimum Gasteiger partial charge on any atom is -0.497 e. The molecule has 0 bridgehead atoms. The van der Waals surface area contributed by atoms with E-state index in [2.05, 4.69) is 51.8 Å². The van der Waals surface area contributed by atoms with Crippen LogP contribution in [0.25, 0.3) is 0 Å². The van der Waals surface area contributed by atoms with Gasteiger partial charge in [0.05, 0.1) is 13.7 Å². The normalized spacial score (nSPS) is 20.7. The fourth-order valence-electron chi connectivity index (χ4n) is 3.64. The Bertz CT molecular complexity index is 553. The molecule has 27 heavy (non-hydrogen) atoms. The molecule has 1 aromatic carbocycles. The van der Waals surface area contributed by atoms with Gasteiger partial charge in [0.1, 0.15) is 5.75 Å². The summed E-state index contributed by atoms with van der Waals surface area (Å²) in [5.41, 5.74) is 1.35. The Morgan fingerprint density at radius 1 is 1.26 bits per heavy atom. The van der Waals surface area contributed by atoms with Crippen LogP contribution in [0.3, 0.4) is 0 Å². The molecule has 0 spiro atoms. The highest BCUT2D eigenvalue weighted by Gasteiger charge is 2.30. The zero-order valence-electron chi connectivity index (χ0n) is 17.0. The first-order valence-electron chi connectivity index (χ1n) is 9.56. The highest BCUT2D eigenvalue weighted by atomic mass is 127. The molecule has 1 aliphatic rings. The van der Waals surface area contributed by atoms with Gasteiger partial charge in [-0.15, -0.1) is 24.0 Å². The van der Waals surface area contributed by atoms with Crippen molar-refractivity contribution in [2.75, 3.05) is 54.1 Å². The first-order chi connectivity index (χ1) is 12.7. The molecule has 0 amide bonds. The molecule has 0 saturated carbocycles. The number of nitrogens with zero attached hydrogens (tertiary/aromatic N) is 2. The van der Waals surface area contributed by atoms with E-state index < -0.39 is 0 Å². The third-order valence-corrected chi connectivity index (χ3v) is 4.96. The largest absolute Gasteiger partial charge is 0.497 e. The number of hydrogen-bond acceptors (Lipinski definition) is 4. The molecule has 0 aromatic heterocycles. The number of rotatable bonds is 8. The maximum Gasteiger partial charge on any atom is 0.191 e. The van der Waals surface area contributed by atoms with Crippen LogP contribution in [0.1, 0.15) is 31.4 Å². The summed E-state index contributed by atoms with van der Waals surface area (Å²) in [4.78, 5) is 6.78. The van der Waals surface area contributed by atoms with Crippen molar-refractivity contribution >= 4 is 29.9 Å². The Morgan fingerprint density at radius 2 is 2.00 bits per heavy atom. The van der Waals surface area contributed by atoms with Crippen molar-refractivity contribution in [3.8, 4) is 5.75 Å². The summed E-state index contributed by atoms with van der Waals surface area (Å²) >= 11 is 0. The number of halogens is 1. The van der Waals surface area contributed by atoms with Crippen molar-refractivity contribution in [2.24, 2.45) is 10.9 Å². The SMILES string of the molecule is CCOCCNC(=NC)NCC1CCCN(C)C1c1ccc(OC)cc1.I. The van der Waals surface area contributed by atoms with Gasteiger partial charge < -0.3 is 20.1 Å². The Kier molecular flexibility index (Phi) is 11.7. The topological polar surface area (TPSA) is 58.1 Å². The van der Waals surface area contributed by atoms with E-state index in [1.54, 1.807) is 7.11 Å². The Labute approximate surface area is 181 Å². The van der Waals surface area contributed by atoms with Gasteiger partial charge in [0, 0.05) is 32.8 Å². The standard InChI is InChI=1S/C20H34N4O2.HI/c1-5-26-14-12-22-20(21-2)23-15-17-7-6-13-24(3)19(17)16-8-10-18(25-4)11-9-16;/h8-11,17,19H,5-7,12-15H2,1-4H3,(H2,21,22,23);1H. The lowest BCUT2D eigenvalue weighted by Gasteiger charge is -2.40. The number of likely N-dealkylation sites (tertiary alicyclic amines) is 1. The van der Waals surface area contributed by atoms with Crippen molar-refractivity contribution in [3.05, 3.63) is 29.8 Å². The van der Waals surface area contributed by atoms with Crippen LogP contribution in [0.5, 0.6) is 5.75 Å². The van der Waals surface area contributed by atoms with E-state index in [0.29, 0.717) is 18.6 Å². The molecule has 154 valence electrons. The van der Waals surface area contributed by atoms with Crippen molar-refractivity contribution < 1.29 is 9.47 Å². The first kappa shape index (κ1) is 24.0. The van der Waals surface area contributed by atoms with Gasteiger partial charge in [0.25, 0.3) is 0 Å². The Morgan fingerprint density at radius 3 is 2.63 bits per heavy atom. The number of ether oxygens (including phenoxy) is 2. The van der Waals surface area contributed by atoms with Crippen LogP contribution >= 0.6 is 24.0 Å². The number of benzene rings is 1. The average Bonchev–Trinajstić information content (AvgIpc) is 2.67. The molecule has 1 saturated heterocycles. The highest BCUT2D eigenvalue weighted by Crippen LogP contribution is 2.35. The van der Waals surface area contributed by atoms with Crippen LogP contribution < -0.4 is 15.4 Å². The number of nitrogens with one attached hydrogen (secondary N) is 2. The summed E-state index contributed by atoms with van der Waals surface area (Å²) in [5, 5.41) is 6.80. The molecule has 2 rings (SSSR count). The molecular formula is C20H35IN4O2. The molecule has 1 fully saturated rings. The van der Waals surface area contributed by atoms with Crippen LogP contribution in [0.15, 0.2) is 29.3 Å². The van der Waals surface area contributed by atoms with Crippen LogP contribution in [0.4, 0.5) is 0 Å². The molecule has 0 radical (unpaired) electrons. The fourth-order valence-corrected chi connectivity index (χ4v) is 3.64. The smallest absolute Gasteiger partial charge is 0.191 e. The van der Waals surface area contributed by atoms with E-state index in [9.17, 15) is 0 Å². The lowest BCUT2D eigenvalue weighted by atomic mass is 9.85. The first-order valence-corrected chi connectivity index (χ1v) is 9.56. The number of methoxy groups -OCH3 is 1. The van der Waals surface area contributed by atoms with Gasteiger partial charge >= 0.3 is 0 Å². The quantitative estimate of drug-likeness (QED) is 0.254. The van der Waals surface area contributed by atoms with Gasteiger partial charge in [0.2, 0.25) is 0 Å². The summed E-state index contributed by atoms with van der Waals surface area (Å²) in [6.07, 6.45) is 2.44. The van der Waals surface area contributed by atoms with Crippen molar-refractivity contribution in [3.63, 3.8) is 0 Å². The van der Waals surface area contributed by atoms with E-state index in [1.165, 1.54) is 18.4 Å². The molecule has 2 N–H and O–H groups in total. The number of aliphatic imine (C=N–C) groups is 1. The van der Waals surface area contributed by atoms with E-state index >= 15 is 0 Å². The molecule has 0 aliphatic carbocycles. The van der Waals surface area contributed by atoms with Crippen LogP contribution in [-0.2, 0) is 4.74 Å². The van der Waals surface area contributed by atoms with Crippen molar-refractivity contribution in [1.82, 2.24) is 15.5 Å². The van der Waals surface area contributed by atoms with Gasteiger partial charge in [0.15, 0.2) is 5.96 Å². The van der Waals surface area contributed by atoms with Gasteiger partial charge in [-0.05, 0) is 57.0 Å². The van der Waals surface area contributed by atoms with E-state index in [1.807, 2.05) is 14.0 Å². The maximum atomic E-state index is 5.37. The predicted molar refractivity (Wildman–Crippen MR) is 122 cm³/mol. The molecule has 2 unspecified atom stereocenters. The summed E-state index contributed by atoms with van der Waals surface area (Å²) in [6, 6.07) is 8.89. The molecule has 1 heterocycles. The van der Waals surface area contributed by atoms with Gasteiger partial charge in [-0.25, -0.2) is 0 Å². The summed E-state index contributed by atoms with van der Waals surface area (Å²) in [5.74, 6) is 2.28. The number of guanidine groups is 1. The van der Waals surface area contributed by atoms with E-state index in [0.717, 1.165) is 38.0 Å². The molecule has 6 nitrogen and oxygen atoms in total. The third-order valence-electron chi connectivity index (χ3n) is 4.96. The maximum absolute atomic E-state index is 5.37. The Balaban J connectivity index is 0.00000364. The number of hydrogen-bond donors (Lipinski definition) is 2. The predicted octanol–water partition coefficient (Wildman–Crippen LogP) is 2.90. The zero-order valence-corrected chi connectivity index (χ0v) is 19.4. The monoisotopic (exact) mass is 490 g/mol. The zero-order chi connectivity index (χ0) is 18.8. The van der Waals surface area contributed by atoms with Gasteiger partial charge in [-0.1, -0.05) is 12.1 Å². The van der Waals surface area contributed by atoms with Gasteiger partial charge in [-0.2, -0.15) is 0 Å². The summed E-state index contributed by atoms with van der Waals surface area (Å²) < 4.78 is 10.7. The average molecular weight is 490 g/mol. The molecule has 2 atom stereocenters. The lowest BCUT2D eigenvalue weighted by molar-refractivity contribution is 0.122. The molecule has 7 heteroatoms. The minimum atomic E-state index is 0. The Hall–Kier alpha value is -1.06. The fraction of sp³-hybridized carbons (Fsp3) is 0.650. The summed E-state index contributed by atoms with van der Waals surface area (Å²) in [7, 11) is 5.73.